The lowest BCUT2D eigenvalue weighted by atomic mass is 9.99. The fourth-order valence-corrected chi connectivity index (χ4v) is 3.87. The smallest absolute Gasteiger partial charge is 0.137 e. The molecule has 0 unspecified atom stereocenters. The number of H-pyrrole nitrogens is 1. The van der Waals surface area contributed by atoms with Gasteiger partial charge in [-0.2, -0.15) is 0 Å². The number of anilines is 1. The number of fused-ring (bicyclic) bond motifs is 1. The van der Waals surface area contributed by atoms with Crippen molar-refractivity contribution in [3.63, 3.8) is 0 Å². The van der Waals surface area contributed by atoms with Crippen LogP contribution in [-0.2, 0) is 6.54 Å². The van der Waals surface area contributed by atoms with Gasteiger partial charge in [0.2, 0.25) is 0 Å². The highest BCUT2D eigenvalue weighted by atomic mass is 35.5. The van der Waals surface area contributed by atoms with E-state index in [9.17, 15) is 0 Å². The summed E-state index contributed by atoms with van der Waals surface area (Å²) in [6.45, 7) is 2.57. The monoisotopic (exact) mass is 372 g/mol. The molecule has 0 amide bonds. The predicted molar refractivity (Wildman–Crippen MR) is 105 cm³/mol. The standard InChI is InChI=1S/C19H18Cl2N4/c20-14-8-13(18(22)17(21)9-14)11-25-6-3-12(4-7-25)16-10-24-19-15(16)2-1-5-23-19/h1-3,5,8-10H,4,6-7,11,22H2,(H,23,24). The van der Waals surface area contributed by atoms with Crippen molar-refractivity contribution in [2.24, 2.45) is 0 Å². The molecule has 0 saturated carbocycles. The van der Waals surface area contributed by atoms with Crippen LogP contribution in [0.1, 0.15) is 17.5 Å². The van der Waals surface area contributed by atoms with Crippen molar-refractivity contribution in [1.29, 1.82) is 0 Å². The van der Waals surface area contributed by atoms with Crippen LogP contribution in [0.3, 0.4) is 0 Å². The number of nitrogen functional groups attached to an aromatic ring is 1. The van der Waals surface area contributed by atoms with Crippen molar-refractivity contribution < 1.29 is 0 Å². The largest absolute Gasteiger partial charge is 0.397 e. The molecule has 3 N–H and O–H groups in total. The molecule has 0 fully saturated rings. The number of pyridine rings is 1. The first-order valence-electron chi connectivity index (χ1n) is 8.19. The maximum Gasteiger partial charge on any atom is 0.137 e. The van der Waals surface area contributed by atoms with Crippen molar-refractivity contribution in [2.75, 3.05) is 18.8 Å². The molecule has 1 aromatic carbocycles. The molecule has 3 heterocycles. The zero-order chi connectivity index (χ0) is 17.4. The average Bonchev–Trinajstić information content (AvgIpc) is 3.04. The second-order valence-electron chi connectivity index (χ2n) is 6.28. The summed E-state index contributed by atoms with van der Waals surface area (Å²) in [6, 6.07) is 7.66. The van der Waals surface area contributed by atoms with Crippen LogP contribution >= 0.6 is 23.2 Å². The van der Waals surface area contributed by atoms with E-state index in [2.05, 4.69) is 27.0 Å². The van der Waals surface area contributed by atoms with Gasteiger partial charge in [-0.25, -0.2) is 4.98 Å². The van der Waals surface area contributed by atoms with Gasteiger partial charge in [-0.15, -0.1) is 0 Å². The lowest BCUT2D eigenvalue weighted by Crippen LogP contribution is -2.28. The third-order valence-electron chi connectivity index (χ3n) is 4.66. The van der Waals surface area contributed by atoms with Gasteiger partial charge in [-0.05, 0) is 41.8 Å². The second-order valence-corrected chi connectivity index (χ2v) is 7.12. The Hall–Kier alpha value is -2.01. The number of hydrogen-bond acceptors (Lipinski definition) is 3. The molecule has 4 rings (SSSR count). The minimum absolute atomic E-state index is 0.516. The van der Waals surface area contributed by atoms with Gasteiger partial charge in [0, 0.05) is 48.0 Å². The Morgan fingerprint density at radius 1 is 1.28 bits per heavy atom. The van der Waals surface area contributed by atoms with Crippen LogP contribution in [0.2, 0.25) is 10.0 Å². The third-order valence-corrected chi connectivity index (χ3v) is 5.20. The van der Waals surface area contributed by atoms with Gasteiger partial charge in [0.05, 0.1) is 10.7 Å². The van der Waals surface area contributed by atoms with Gasteiger partial charge in [0.25, 0.3) is 0 Å². The molecule has 1 aliphatic heterocycles. The molecule has 25 heavy (non-hydrogen) atoms. The van der Waals surface area contributed by atoms with E-state index in [4.69, 9.17) is 28.9 Å². The Balaban J connectivity index is 1.53. The van der Waals surface area contributed by atoms with Gasteiger partial charge >= 0.3 is 0 Å². The normalized spacial score (nSPS) is 15.5. The lowest BCUT2D eigenvalue weighted by Gasteiger charge is -2.27. The topological polar surface area (TPSA) is 57.9 Å². The molecular formula is C19H18Cl2N4. The lowest BCUT2D eigenvalue weighted by molar-refractivity contribution is 0.294. The fraction of sp³-hybridized carbons (Fsp3) is 0.211. The van der Waals surface area contributed by atoms with E-state index in [1.54, 1.807) is 12.3 Å². The van der Waals surface area contributed by atoms with Gasteiger partial charge in [0.15, 0.2) is 0 Å². The van der Waals surface area contributed by atoms with E-state index in [0.717, 1.165) is 37.3 Å². The zero-order valence-electron chi connectivity index (χ0n) is 13.6. The maximum absolute atomic E-state index is 6.13. The molecule has 1 aliphatic rings. The van der Waals surface area contributed by atoms with Crippen LogP contribution in [0.25, 0.3) is 16.6 Å². The molecule has 0 aliphatic carbocycles. The number of nitrogens with two attached hydrogens (primary N) is 1. The van der Waals surface area contributed by atoms with Crippen molar-refractivity contribution in [1.82, 2.24) is 14.9 Å². The number of rotatable bonds is 3. The highest BCUT2D eigenvalue weighted by Crippen LogP contribution is 2.31. The number of halogens is 2. The van der Waals surface area contributed by atoms with E-state index in [1.807, 2.05) is 18.3 Å². The molecule has 3 aromatic rings. The molecule has 128 valence electrons. The van der Waals surface area contributed by atoms with Gasteiger partial charge in [0.1, 0.15) is 5.65 Å². The van der Waals surface area contributed by atoms with Crippen molar-refractivity contribution in [2.45, 2.75) is 13.0 Å². The molecule has 0 atom stereocenters. The number of hydrogen-bond donors (Lipinski definition) is 2. The van der Waals surface area contributed by atoms with Gasteiger partial charge in [-0.1, -0.05) is 29.3 Å². The Morgan fingerprint density at radius 3 is 2.96 bits per heavy atom. The number of benzene rings is 1. The summed E-state index contributed by atoms with van der Waals surface area (Å²) < 4.78 is 0. The number of nitrogens with zero attached hydrogens (tertiary/aromatic N) is 2. The highest BCUT2D eigenvalue weighted by Gasteiger charge is 2.17. The van der Waals surface area contributed by atoms with Crippen LogP contribution in [0.5, 0.6) is 0 Å². The minimum Gasteiger partial charge on any atom is -0.397 e. The molecule has 4 nitrogen and oxygen atoms in total. The SMILES string of the molecule is Nc1c(Cl)cc(Cl)cc1CN1CC=C(c2c[nH]c3ncccc23)CC1. The van der Waals surface area contributed by atoms with Crippen molar-refractivity contribution in [3.05, 3.63) is 63.9 Å². The minimum atomic E-state index is 0.516. The van der Waals surface area contributed by atoms with Gasteiger partial charge in [-0.3, -0.25) is 4.90 Å². The van der Waals surface area contributed by atoms with Crippen LogP contribution in [0.15, 0.2) is 42.7 Å². The number of aromatic nitrogens is 2. The second kappa shape index (κ2) is 6.71. The van der Waals surface area contributed by atoms with Gasteiger partial charge < -0.3 is 10.7 Å². The van der Waals surface area contributed by atoms with Crippen LogP contribution < -0.4 is 5.73 Å². The van der Waals surface area contributed by atoms with Crippen LogP contribution in [-0.4, -0.2) is 28.0 Å². The first-order valence-corrected chi connectivity index (χ1v) is 8.94. The first kappa shape index (κ1) is 16.5. The Morgan fingerprint density at radius 2 is 2.16 bits per heavy atom. The summed E-state index contributed by atoms with van der Waals surface area (Å²) in [6.07, 6.45) is 7.12. The predicted octanol–water partition coefficient (Wildman–Crippen LogP) is 4.74. The van der Waals surface area contributed by atoms with Crippen molar-refractivity contribution in [3.8, 4) is 0 Å². The summed E-state index contributed by atoms with van der Waals surface area (Å²) in [4.78, 5) is 9.95. The Labute approximate surface area is 156 Å². The zero-order valence-corrected chi connectivity index (χ0v) is 15.1. The van der Waals surface area contributed by atoms with E-state index in [-0.39, 0.29) is 0 Å². The van der Waals surface area contributed by atoms with E-state index < -0.39 is 0 Å². The van der Waals surface area contributed by atoms with Crippen molar-refractivity contribution >= 4 is 45.5 Å². The van der Waals surface area contributed by atoms with Crippen LogP contribution in [0, 0.1) is 0 Å². The fourth-order valence-electron chi connectivity index (χ4n) is 3.33. The quantitative estimate of drug-likeness (QED) is 0.652. The molecule has 2 aromatic heterocycles. The van der Waals surface area contributed by atoms with E-state index >= 15 is 0 Å². The molecule has 6 heteroatoms. The third kappa shape index (κ3) is 3.25. The van der Waals surface area contributed by atoms with Crippen LogP contribution in [0.4, 0.5) is 5.69 Å². The average molecular weight is 373 g/mol. The first-order chi connectivity index (χ1) is 12.1. The van der Waals surface area contributed by atoms with E-state index in [0.29, 0.717) is 15.7 Å². The summed E-state index contributed by atoms with van der Waals surface area (Å²) in [7, 11) is 0. The molecule has 0 saturated heterocycles. The molecule has 0 radical (unpaired) electrons. The Kier molecular flexibility index (Phi) is 4.42. The summed E-state index contributed by atoms with van der Waals surface area (Å²) in [5.41, 5.74) is 11.2. The maximum atomic E-state index is 6.13. The summed E-state index contributed by atoms with van der Waals surface area (Å²) in [5, 5.41) is 2.31. The molecule has 0 bridgehead atoms. The number of nitrogens with one attached hydrogen (secondary N) is 1. The Bertz CT molecular complexity index is 961. The molecular weight excluding hydrogens is 355 g/mol. The number of aromatic amines is 1. The summed E-state index contributed by atoms with van der Waals surface area (Å²) in [5.74, 6) is 0. The summed E-state index contributed by atoms with van der Waals surface area (Å²) >= 11 is 12.2. The van der Waals surface area contributed by atoms with E-state index in [1.165, 1.54) is 16.5 Å². The highest BCUT2D eigenvalue weighted by molar-refractivity contribution is 6.36. The molecule has 0 spiro atoms.